The zero-order valence-corrected chi connectivity index (χ0v) is 11.2. The van der Waals surface area contributed by atoms with Crippen molar-refractivity contribution < 1.29 is 0 Å². The van der Waals surface area contributed by atoms with E-state index in [1.807, 2.05) is 0 Å². The van der Waals surface area contributed by atoms with Gasteiger partial charge in [0.1, 0.15) is 4.99 Å². The van der Waals surface area contributed by atoms with Gasteiger partial charge < -0.3 is 5.73 Å². The molecule has 0 radical (unpaired) electrons. The van der Waals surface area contributed by atoms with Crippen LogP contribution in [0.15, 0.2) is 18.3 Å². The molecule has 6 heteroatoms. The fraction of sp³-hybridized carbons (Fsp3) is 0.333. The molecule has 0 bridgehead atoms. The molecule has 0 aliphatic heterocycles. The average molecular weight is 261 g/mol. The molecule has 0 saturated carbocycles. The SMILES string of the molecule is CCc1cc(CC)n(-c2nnccc2C(N)=S)n1. The number of thiocarbonyl (C=S) groups is 1. The van der Waals surface area contributed by atoms with E-state index >= 15 is 0 Å². The molecule has 0 aliphatic rings. The summed E-state index contributed by atoms with van der Waals surface area (Å²) in [6.07, 6.45) is 3.32. The van der Waals surface area contributed by atoms with Crippen molar-refractivity contribution in [2.24, 2.45) is 5.73 Å². The quantitative estimate of drug-likeness (QED) is 0.843. The Morgan fingerprint density at radius 3 is 2.78 bits per heavy atom. The molecule has 0 spiro atoms. The zero-order chi connectivity index (χ0) is 13.1. The van der Waals surface area contributed by atoms with Crippen LogP contribution in [0.5, 0.6) is 0 Å². The third kappa shape index (κ3) is 2.24. The Morgan fingerprint density at radius 2 is 2.17 bits per heavy atom. The van der Waals surface area contributed by atoms with Gasteiger partial charge >= 0.3 is 0 Å². The van der Waals surface area contributed by atoms with E-state index in [1.54, 1.807) is 16.9 Å². The molecule has 0 amide bonds. The first-order chi connectivity index (χ1) is 8.67. The van der Waals surface area contributed by atoms with Crippen LogP contribution in [0.3, 0.4) is 0 Å². The maximum absolute atomic E-state index is 5.71. The molecule has 2 aromatic heterocycles. The molecule has 94 valence electrons. The maximum atomic E-state index is 5.71. The van der Waals surface area contributed by atoms with E-state index in [4.69, 9.17) is 18.0 Å². The first-order valence-electron chi connectivity index (χ1n) is 5.87. The molecule has 0 aliphatic carbocycles. The number of aromatic nitrogens is 4. The Morgan fingerprint density at radius 1 is 1.39 bits per heavy atom. The third-order valence-electron chi connectivity index (χ3n) is 2.73. The molecule has 2 heterocycles. The highest BCUT2D eigenvalue weighted by molar-refractivity contribution is 7.80. The minimum atomic E-state index is 0.301. The van der Waals surface area contributed by atoms with Gasteiger partial charge in [-0.2, -0.15) is 10.2 Å². The van der Waals surface area contributed by atoms with Gasteiger partial charge in [-0.15, -0.1) is 5.10 Å². The number of hydrogen-bond donors (Lipinski definition) is 1. The summed E-state index contributed by atoms with van der Waals surface area (Å²) in [4.78, 5) is 0.301. The normalized spacial score (nSPS) is 10.6. The first-order valence-corrected chi connectivity index (χ1v) is 6.27. The van der Waals surface area contributed by atoms with Crippen LogP contribution in [-0.4, -0.2) is 25.0 Å². The predicted molar refractivity (Wildman–Crippen MR) is 73.8 cm³/mol. The fourth-order valence-corrected chi connectivity index (χ4v) is 1.92. The Hall–Kier alpha value is -1.82. The van der Waals surface area contributed by atoms with Crippen LogP contribution in [0.4, 0.5) is 0 Å². The number of nitrogens with zero attached hydrogens (tertiary/aromatic N) is 4. The lowest BCUT2D eigenvalue weighted by atomic mass is 10.2. The standard InChI is InChI=1S/C12H15N5S/c1-3-8-7-9(4-2)17(16-8)12-10(11(13)18)5-6-14-15-12/h5-7H,3-4H2,1-2H3,(H2,13,18). The number of hydrogen-bond acceptors (Lipinski definition) is 4. The second-order valence-corrected chi connectivity index (χ2v) is 4.32. The topological polar surface area (TPSA) is 69.6 Å². The smallest absolute Gasteiger partial charge is 0.186 e. The van der Waals surface area contributed by atoms with Crippen molar-refractivity contribution in [2.45, 2.75) is 26.7 Å². The fourth-order valence-electron chi connectivity index (χ4n) is 1.76. The van der Waals surface area contributed by atoms with Crippen molar-refractivity contribution in [3.8, 4) is 5.82 Å². The second-order valence-electron chi connectivity index (χ2n) is 3.88. The van der Waals surface area contributed by atoms with Gasteiger partial charge in [0.15, 0.2) is 5.82 Å². The average Bonchev–Trinajstić information content (AvgIpc) is 2.81. The van der Waals surface area contributed by atoms with E-state index in [1.165, 1.54) is 0 Å². The number of nitrogens with two attached hydrogens (primary N) is 1. The highest BCUT2D eigenvalue weighted by Crippen LogP contribution is 2.15. The molecule has 0 unspecified atom stereocenters. The van der Waals surface area contributed by atoms with Gasteiger partial charge in [-0.3, -0.25) is 0 Å². The highest BCUT2D eigenvalue weighted by Gasteiger charge is 2.14. The number of aryl methyl sites for hydroxylation is 2. The van der Waals surface area contributed by atoms with Crippen LogP contribution in [-0.2, 0) is 12.8 Å². The molecule has 0 aromatic carbocycles. The summed E-state index contributed by atoms with van der Waals surface area (Å²) in [5, 5.41) is 12.5. The van der Waals surface area contributed by atoms with Gasteiger partial charge in [0.2, 0.25) is 0 Å². The van der Waals surface area contributed by atoms with Crippen LogP contribution >= 0.6 is 12.2 Å². The lowest BCUT2D eigenvalue weighted by molar-refractivity contribution is 0.752. The van der Waals surface area contributed by atoms with Crippen LogP contribution in [0.25, 0.3) is 5.82 Å². The van der Waals surface area contributed by atoms with Crippen molar-refractivity contribution in [2.75, 3.05) is 0 Å². The van der Waals surface area contributed by atoms with Crippen LogP contribution in [0, 0.1) is 0 Å². The maximum Gasteiger partial charge on any atom is 0.186 e. The molecule has 2 rings (SSSR count). The molecular weight excluding hydrogens is 246 g/mol. The van der Waals surface area contributed by atoms with E-state index in [-0.39, 0.29) is 0 Å². The molecule has 0 fully saturated rings. The predicted octanol–water partition coefficient (Wildman–Crippen LogP) is 1.42. The molecule has 0 atom stereocenters. The Bertz CT molecular complexity index is 576. The Balaban J connectivity index is 2.61. The van der Waals surface area contributed by atoms with E-state index in [2.05, 4.69) is 35.2 Å². The van der Waals surface area contributed by atoms with Gasteiger partial charge in [0.25, 0.3) is 0 Å². The first kappa shape index (κ1) is 12.6. The molecule has 2 N–H and O–H groups in total. The lowest BCUT2D eigenvalue weighted by Gasteiger charge is -2.08. The highest BCUT2D eigenvalue weighted by atomic mass is 32.1. The van der Waals surface area contributed by atoms with Gasteiger partial charge in [-0.05, 0) is 25.0 Å². The van der Waals surface area contributed by atoms with Crippen molar-refractivity contribution >= 4 is 17.2 Å². The molecule has 0 saturated heterocycles. The van der Waals surface area contributed by atoms with E-state index in [9.17, 15) is 0 Å². The molecule has 2 aromatic rings. The second kappa shape index (κ2) is 5.22. The Kier molecular flexibility index (Phi) is 3.66. The van der Waals surface area contributed by atoms with Crippen LogP contribution in [0.2, 0.25) is 0 Å². The molecule has 5 nitrogen and oxygen atoms in total. The van der Waals surface area contributed by atoms with Crippen molar-refractivity contribution in [1.82, 2.24) is 20.0 Å². The number of rotatable bonds is 4. The molecular formula is C12H15N5S. The van der Waals surface area contributed by atoms with E-state index in [0.29, 0.717) is 16.4 Å². The van der Waals surface area contributed by atoms with E-state index in [0.717, 1.165) is 24.2 Å². The summed E-state index contributed by atoms with van der Waals surface area (Å²) in [7, 11) is 0. The lowest BCUT2D eigenvalue weighted by Crippen LogP contribution is -2.17. The minimum Gasteiger partial charge on any atom is -0.389 e. The van der Waals surface area contributed by atoms with Crippen molar-refractivity contribution in [1.29, 1.82) is 0 Å². The van der Waals surface area contributed by atoms with Crippen LogP contribution < -0.4 is 5.73 Å². The summed E-state index contributed by atoms with van der Waals surface area (Å²) in [5.41, 5.74) is 8.49. The van der Waals surface area contributed by atoms with Gasteiger partial charge in [0, 0.05) is 5.69 Å². The van der Waals surface area contributed by atoms with Gasteiger partial charge in [-0.25, -0.2) is 4.68 Å². The molecule has 18 heavy (non-hydrogen) atoms. The monoisotopic (exact) mass is 261 g/mol. The van der Waals surface area contributed by atoms with E-state index < -0.39 is 0 Å². The van der Waals surface area contributed by atoms with Gasteiger partial charge in [0.05, 0.1) is 17.5 Å². The summed E-state index contributed by atoms with van der Waals surface area (Å²) >= 11 is 5.03. The Labute approximate surface area is 111 Å². The largest absolute Gasteiger partial charge is 0.389 e. The van der Waals surface area contributed by atoms with Crippen molar-refractivity contribution in [3.05, 3.63) is 35.3 Å². The van der Waals surface area contributed by atoms with Crippen molar-refractivity contribution in [3.63, 3.8) is 0 Å². The van der Waals surface area contributed by atoms with Crippen LogP contribution in [0.1, 0.15) is 30.8 Å². The third-order valence-corrected chi connectivity index (χ3v) is 2.95. The summed E-state index contributed by atoms with van der Waals surface area (Å²) in [5.74, 6) is 0.599. The summed E-state index contributed by atoms with van der Waals surface area (Å²) < 4.78 is 1.78. The summed E-state index contributed by atoms with van der Waals surface area (Å²) in [6.45, 7) is 4.14. The van der Waals surface area contributed by atoms with Gasteiger partial charge in [-0.1, -0.05) is 26.1 Å². The zero-order valence-electron chi connectivity index (χ0n) is 10.4. The summed E-state index contributed by atoms with van der Waals surface area (Å²) in [6, 6.07) is 3.83. The minimum absolute atomic E-state index is 0.301.